The Hall–Kier alpha value is -1.46. The molecule has 0 radical (unpaired) electrons. The largest absolute Gasteiger partial charge is 0.459 e. The zero-order valence-electron chi connectivity index (χ0n) is 11.2. The molecule has 1 aromatic heterocycles. The molecule has 5 heteroatoms. The summed E-state index contributed by atoms with van der Waals surface area (Å²) in [5, 5.41) is 10.1. The smallest absolute Gasteiger partial charge is 0.326 e. The number of aromatic nitrogens is 1. The van der Waals surface area contributed by atoms with Crippen molar-refractivity contribution in [1.29, 1.82) is 0 Å². The quantitative estimate of drug-likeness (QED) is 0.787. The SMILES string of the molecule is Cc1ccncc1[C@H](O)[C@@H](N)C(=O)OC(C)(C)C. The lowest BCUT2D eigenvalue weighted by Gasteiger charge is -2.25. The summed E-state index contributed by atoms with van der Waals surface area (Å²) in [7, 11) is 0. The minimum absolute atomic E-state index is 0.538. The van der Waals surface area contributed by atoms with Gasteiger partial charge >= 0.3 is 5.97 Å². The van der Waals surface area contributed by atoms with Gasteiger partial charge in [0, 0.05) is 18.0 Å². The average molecular weight is 252 g/mol. The number of aryl methyl sites for hydroxylation is 1. The number of ether oxygens (including phenoxy) is 1. The molecule has 18 heavy (non-hydrogen) atoms. The lowest BCUT2D eigenvalue weighted by atomic mass is 10.0. The van der Waals surface area contributed by atoms with E-state index in [0.29, 0.717) is 5.56 Å². The van der Waals surface area contributed by atoms with E-state index in [1.165, 1.54) is 6.20 Å². The van der Waals surface area contributed by atoms with Crippen LogP contribution < -0.4 is 5.73 Å². The third-order valence-electron chi connectivity index (χ3n) is 2.42. The number of carbonyl (C=O) groups excluding carboxylic acids is 1. The monoisotopic (exact) mass is 252 g/mol. The number of hydrogen-bond donors (Lipinski definition) is 2. The summed E-state index contributed by atoms with van der Waals surface area (Å²) in [5.74, 6) is -0.627. The Morgan fingerprint density at radius 3 is 2.61 bits per heavy atom. The van der Waals surface area contributed by atoms with Gasteiger partial charge in [-0.05, 0) is 39.3 Å². The number of aliphatic hydroxyl groups excluding tert-OH is 1. The topological polar surface area (TPSA) is 85.4 Å². The molecule has 1 aromatic rings. The molecule has 1 rings (SSSR count). The van der Waals surface area contributed by atoms with Gasteiger partial charge in [0.05, 0.1) is 0 Å². The number of carbonyl (C=O) groups is 1. The van der Waals surface area contributed by atoms with E-state index in [2.05, 4.69) is 4.98 Å². The van der Waals surface area contributed by atoms with Crippen LogP contribution in [0.3, 0.4) is 0 Å². The first-order chi connectivity index (χ1) is 8.22. The number of nitrogens with two attached hydrogens (primary N) is 1. The van der Waals surface area contributed by atoms with Crippen molar-refractivity contribution in [3.05, 3.63) is 29.6 Å². The summed E-state index contributed by atoms with van der Waals surface area (Å²) >= 11 is 0. The Kier molecular flexibility index (Phi) is 4.43. The molecule has 3 N–H and O–H groups in total. The maximum atomic E-state index is 11.8. The summed E-state index contributed by atoms with van der Waals surface area (Å²) in [5.41, 5.74) is 6.46. The second-order valence-corrected chi connectivity index (χ2v) is 5.24. The molecule has 0 aromatic carbocycles. The number of hydrogen-bond acceptors (Lipinski definition) is 5. The predicted octanol–water partition coefficient (Wildman–Crippen LogP) is 1.09. The first-order valence-corrected chi connectivity index (χ1v) is 5.79. The molecular formula is C13H20N2O3. The standard InChI is InChI=1S/C13H20N2O3/c1-8-5-6-15-7-9(8)11(16)10(14)12(17)18-13(2,3)4/h5-7,10-11,16H,14H2,1-4H3/t10-,11+/m1/s1. The van der Waals surface area contributed by atoms with Crippen molar-refractivity contribution in [3.8, 4) is 0 Å². The fourth-order valence-electron chi connectivity index (χ4n) is 1.48. The number of esters is 1. The van der Waals surface area contributed by atoms with E-state index in [9.17, 15) is 9.90 Å². The molecular weight excluding hydrogens is 232 g/mol. The highest BCUT2D eigenvalue weighted by atomic mass is 16.6. The third-order valence-corrected chi connectivity index (χ3v) is 2.42. The highest BCUT2D eigenvalue weighted by Crippen LogP contribution is 2.20. The summed E-state index contributed by atoms with van der Waals surface area (Å²) < 4.78 is 5.14. The number of pyridine rings is 1. The number of nitrogens with zero attached hydrogens (tertiary/aromatic N) is 1. The molecule has 0 aliphatic carbocycles. The Labute approximate surface area is 107 Å². The molecule has 100 valence electrons. The van der Waals surface area contributed by atoms with Crippen LogP contribution in [-0.4, -0.2) is 27.7 Å². The van der Waals surface area contributed by atoms with Crippen molar-refractivity contribution in [2.75, 3.05) is 0 Å². The van der Waals surface area contributed by atoms with Crippen LogP contribution in [0.5, 0.6) is 0 Å². The molecule has 0 unspecified atom stereocenters. The van der Waals surface area contributed by atoms with Gasteiger partial charge in [0.1, 0.15) is 17.7 Å². The Morgan fingerprint density at radius 2 is 2.11 bits per heavy atom. The van der Waals surface area contributed by atoms with Gasteiger partial charge in [-0.2, -0.15) is 0 Å². The van der Waals surface area contributed by atoms with Crippen LogP contribution in [0.25, 0.3) is 0 Å². The van der Waals surface area contributed by atoms with E-state index in [-0.39, 0.29) is 0 Å². The van der Waals surface area contributed by atoms with Crippen LogP contribution in [0.2, 0.25) is 0 Å². The molecule has 0 aliphatic heterocycles. The fourth-order valence-corrected chi connectivity index (χ4v) is 1.48. The van der Waals surface area contributed by atoms with E-state index in [1.807, 2.05) is 6.92 Å². The maximum absolute atomic E-state index is 11.8. The second kappa shape index (κ2) is 5.46. The zero-order chi connectivity index (χ0) is 13.9. The van der Waals surface area contributed by atoms with Crippen LogP contribution in [-0.2, 0) is 9.53 Å². The highest BCUT2D eigenvalue weighted by Gasteiger charge is 2.29. The van der Waals surface area contributed by atoms with Gasteiger partial charge in [-0.25, -0.2) is 0 Å². The van der Waals surface area contributed by atoms with Crippen LogP contribution in [0.4, 0.5) is 0 Å². The van der Waals surface area contributed by atoms with E-state index in [4.69, 9.17) is 10.5 Å². The molecule has 0 fully saturated rings. The van der Waals surface area contributed by atoms with Crippen LogP contribution >= 0.6 is 0 Å². The van der Waals surface area contributed by atoms with Crippen molar-refractivity contribution in [3.63, 3.8) is 0 Å². The van der Waals surface area contributed by atoms with Crippen LogP contribution in [0, 0.1) is 6.92 Å². The van der Waals surface area contributed by atoms with Crippen molar-refractivity contribution in [2.24, 2.45) is 5.73 Å². The first-order valence-electron chi connectivity index (χ1n) is 5.79. The number of aliphatic hydroxyl groups is 1. The Morgan fingerprint density at radius 1 is 1.50 bits per heavy atom. The van der Waals surface area contributed by atoms with Gasteiger partial charge in [-0.3, -0.25) is 9.78 Å². The van der Waals surface area contributed by atoms with Crippen molar-refractivity contribution >= 4 is 5.97 Å². The normalized spacial score (nSPS) is 15.0. The number of rotatable bonds is 3. The van der Waals surface area contributed by atoms with Gasteiger partial charge < -0.3 is 15.6 Å². The van der Waals surface area contributed by atoms with Crippen molar-refractivity contribution < 1.29 is 14.6 Å². The summed E-state index contributed by atoms with van der Waals surface area (Å²) in [6.45, 7) is 7.07. The van der Waals surface area contributed by atoms with Gasteiger partial charge in [-0.15, -0.1) is 0 Å². The summed E-state index contributed by atoms with van der Waals surface area (Å²) in [4.78, 5) is 15.7. The second-order valence-electron chi connectivity index (χ2n) is 5.24. The van der Waals surface area contributed by atoms with E-state index in [0.717, 1.165) is 5.56 Å². The zero-order valence-corrected chi connectivity index (χ0v) is 11.2. The predicted molar refractivity (Wildman–Crippen MR) is 67.8 cm³/mol. The van der Waals surface area contributed by atoms with Crippen LogP contribution in [0.15, 0.2) is 18.5 Å². The molecule has 2 atom stereocenters. The van der Waals surface area contributed by atoms with E-state index in [1.54, 1.807) is 33.0 Å². The molecule has 0 saturated heterocycles. The molecule has 5 nitrogen and oxygen atoms in total. The van der Waals surface area contributed by atoms with Crippen LogP contribution in [0.1, 0.15) is 38.0 Å². The minimum Gasteiger partial charge on any atom is -0.459 e. The molecule has 0 spiro atoms. The Balaban J connectivity index is 2.82. The van der Waals surface area contributed by atoms with E-state index < -0.39 is 23.7 Å². The minimum atomic E-state index is -1.12. The van der Waals surface area contributed by atoms with Gasteiger partial charge in [0.25, 0.3) is 0 Å². The maximum Gasteiger partial charge on any atom is 0.326 e. The van der Waals surface area contributed by atoms with E-state index >= 15 is 0 Å². The molecule has 0 saturated carbocycles. The van der Waals surface area contributed by atoms with Gasteiger partial charge in [-0.1, -0.05) is 0 Å². The summed E-state index contributed by atoms with van der Waals surface area (Å²) in [6, 6.07) is 0.632. The van der Waals surface area contributed by atoms with Crippen molar-refractivity contribution in [1.82, 2.24) is 4.98 Å². The van der Waals surface area contributed by atoms with Gasteiger partial charge in [0.2, 0.25) is 0 Å². The Bertz CT molecular complexity index is 426. The fraction of sp³-hybridized carbons (Fsp3) is 0.538. The lowest BCUT2D eigenvalue weighted by Crippen LogP contribution is -2.41. The lowest BCUT2D eigenvalue weighted by molar-refractivity contribution is -0.159. The first kappa shape index (κ1) is 14.6. The van der Waals surface area contributed by atoms with Gasteiger partial charge in [0.15, 0.2) is 0 Å². The molecule has 0 aliphatic rings. The molecule has 1 heterocycles. The molecule has 0 bridgehead atoms. The average Bonchev–Trinajstić information content (AvgIpc) is 2.25. The van der Waals surface area contributed by atoms with Crippen molar-refractivity contribution in [2.45, 2.75) is 45.4 Å². The highest BCUT2D eigenvalue weighted by molar-refractivity contribution is 5.77. The third kappa shape index (κ3) is 3.78. The molecule has 0 amide bonds. The summed E-state index contributed by atoms with van der Waals surface area (Å²) in [6.07, 6.45) is 2.00.